The van der Waals surface area contributed by atoms with E-state index in [2.05, 4.69) is 47.8 Å². The first-order valence-corrected chi connectivity index (χ1v) is 13.4. The SMILES string of the molecule is C=CC(=O)Nc1cccc(Nc2nc(Nc3ccc(OCCSC(=S)NCc4cnccn4)cc3)ncc2F)c1. The quantitative estimate of drug-likeness (QED) is 0.101. The van der Waals surface area contributed by atoms with Crippen molar-refractivity contribution in [1.29, 1.82) is 0 Å². The van der Waals surface area contributed by atoms with Crippen LogP contribution in [0.4, 0.5) is 33.2 Å². The Kier molecular flexibility index (Phi) is 10.3. The Morgan fingerprint density at radius 3 is 2.65 bits per heavy atom. The number of anilines is 5. The van der Waals surface area contributed by atoms with Crippen molar-refractivity contribution >= 4 is 63.0 Å². The first-order valence-electron chi connectivity index (χ1n) is 12.0. The third-order valence-corrected chi connectivity index (χ3v) is 6.32. The molecule has 0 atom stereocenters. The number of thiocarbonyl (C=S) groups is 1. The molecule has 4 aromatic rings. The molecule has 0 saturated heterocycles. The Morgan fingerprint density at radius 1 is 1.05 bits per heavy atom. The maximum absolute atomic E-state index is 14.4. The van der Waals surface area contributed by atoms with E-state index in [1.165, 1.54) is 17.8 Å². The summed E-state index contributed by atoms with van der Waals surface area (Å²) in [7, 11) is 0. The second kappa shape index (κ2) is 14.5. The molecule has 0 unspecified atom stereocenters. The first-order chi connectivity index (χ1) is 19.5. The highest BCUT2D eigenvalue weighted by Crippen LogP contribution is 2.23. The Balaban J connectivity index is 1.24. The molecule has 0 aliphatic heterocycles. The molecule has 13 heteroatoms. The number of carbonyl (C=O) groups is 1. The van der Waals surface area contributed by atoms with E-state index in [-0.39, 0.29) is 17.7 Å². The third kappa shape index (κ3) is 8.99. The fourth-order valence-corrected chi connectivity index (χ4v) is 4.06. The predicted octanol–water partition coefficient (Wildman–Crippen LogP) is 5.20. The van der Waals surface area contributed by atoms with E-state index in [0.29, 0.717) is 46.0 Å². The maximum atomic E-state index is 14.4. The van der Waals surface area contributed by atoms with Gasteiger partial charge in [-0.1, -0.05) is 36.6 Å². The van der Waals surface area contributed by atoms with Crippen molar-refractivity contribution < 1.29 is 13.9 Å². The van der Waals surface area contributed by atoms with E-state index < -0.39 is 5.82 Å². The number of nitrogens with one attached hydrogen (secondary N) is 4. The fourth-order valence-electron chi connectivity index (χ4n) is 3.21. The van der Waals surface area contributed by atoms with Gasteiger partial charge in [0.1, 0.15) is 10.1 Å². The molecule has 0 radical (unpaired) electrons. The van der Waals surface area contributed by atoms with Crippen LogP contribution < -0.4 is 26.0 Å². The first kappa shape index (κ1) is 28.4. The summed E-state index contributed by atoms with van der Waals surface area (Å²) in [4.78, 5) is 28.0. The van der Waals surface area contributed by atoms with Crippen LogP contribution in [0.15, 0.2) is 86.0 Å². The number of ether oxygens (including phenoxy) is 1. The van der Waals surface area contributed by atoms with Crippen molar-refractivity contribution in [3.05, 3.63) is 97.5 Å². The van der Waals surface area contributed by atoms with Crippen LogP contribution in [0.5, 0.6) is 5.75 Å². The van der Waals surface area contributed by atoms with Crippen molar-refractivity contribution in [2.24, 2.45) is 0 Å². The molecule has 4 N–H and O–H groups in total. The Labute approximate surface area is 239 Å². The number of hydrogen-bond donors (Lipinski definition) is 4. The van der Waals surface area contributed by atoms with Gasteiger partial charge in [-0.05, 0) is 48.5 Å². The number of halogens is 1. The summed E-state index contributed by atoms with van der Waals surface area (Å²) in [6.45, 7) is 4.42. The van der Waals surface area contributed by atoms with E-state index >= 15 is 0 Å². The molecule has 204 valence electrons. The van der Waals surface area contributed by atoms with E-state index in [0.717, 1.165) is 11.9 Å². The molecule has 0 bridgehead atoms. The van der Waals surface area contributed by atoms with Gasteiger partial charge in [0, 0.05) is 35.2 Å². The van der Waals surface area contributed by atoms with Crippen molar-refractivity contribution in [2.45, 2.75) is 6.54 Å². The monoisotopic (exact) mass is 576 g/mol. The fraction of sp³-hybridized carbons (Fsp3) is 0.111. The summed E-state index contributed by atoms with van der Waals surface area (Å²) in [5.74, 6) is 0.569. The topological polar surface area (TPSA) is 126 Å². The van der Waals surface area contributed by atoms with Crippen LogP contribution >= 0.6 is 24.0 Å². The number of carbonyl (C=O) groups excluding carboxylic acids is 1. The van der Waals surface area contributed by atoms with E-state index in [1.807, 2.05) is 12.1 Å². The number of benzene rings is 2. The van der Waals surface area contributed by atoms with Crippen LogP contribution in [0.2, 0.25) is 0 Å². The second-order valence-corrected chi connectivity index (χ2v) is 9.75. The molecule has 0 saturated carbocycles. The molecule has 0 aliphatic carbocycles. The number of aromatic nitrogens is 4. The number of amides is 1. The third-order valence-electron chi connectivity index (χ3n) is 5.05. The molecule has 2 aromatic carbocycles. The number of thioether (sulfide) groups is 1. The lowest BCUT2D eigenvalue weighted by atomic mass is 10.2. The van der Waals surface area contributed by atoms with Crippen LogP contribution in [0.25, 0.3) is 0 Å². The Bertz CT molecular complexity index is 1460. The number of nitrogens with zero attached hydrogens (tertiary/aromatic N) is 4. The van der Waals surface area contributed by atoms with Crippen LogP contribution in [-0.4, -0.2) is 42.5 Å². The Hall–Kier alpha value is -4.62. The summed E-state index contributed by atoms with van der Waals surface area (Å²) in [5.41, 5.74) is 2.58. The number of rotatable bonds is 12. The largest absolute Gasteiger partial charge is 0.493 e. The summed E-state index contributed by atoms with van der Waals surface area (Å²) < 4.78 is 20.8. The average molecular weight is 577 g/mol. The van der Waals surface area contributed by atoms with Gasteiger partial charge in [-0.25, -0.2) is 9.37 Å². The summed E-state index contributed by atoms with van der Waals surface area (Å²) in [6, 6.07) is 14.0. The summed E-state index contributed by atoms with van der Waals surface area (Å²) >= 11 is 6.81. The van der Waals surface area contributed by atoms with Gasteiger partial charge < -0.3 is 26.0 Å². The minimum Gasteiger partial charge on any atom is -0.493 e. The molecule has 4 rings (SSSR count). The molecule has 10 nitrogen and oxygen atoms in total. The van der Waals surface area contributed by atoms with E-state index in [9.17, 15) is 9.18 Å². The zero-order chi connectivity index (χ0) is 28.2. The van der Waals surface area contributed by atoms with Gasteiger partial charge in [0.2, 0.25) is 11.9 Å². The molecular weight excluding hydrogens is 551 g/mol. The van der Waals surface area contributed by atoms with Crippen LogP contribution in [0.3, 0.4) is 0 Å². The van der Waals surface area contributed by atoms with Gasteiger partial charge in [-0.3, -0.25) is 14.8 Å². The van der Waals surface area contributed by atoms with Gasteiger partial charge in [-0.15, -0.1) is 0 Å². The minimum atomic E-state index is -0.629. The molecular formula is C27H25FN8O2S2. The van der Waals surface area contributed by atoms with Gasteiger partial charge in [0.15, 0.2) is 11.6 Å². The van der Waals surface area contributed by atoms with Crippen LogP contribution in [0.1, 0.15) is 5.69 Å². The highest BCUT2D eigenvalue weighted by Gasteiger charge is 2.09. The Morgan fingerprint density at radius 2 is 1.88 bits per heavy atom. The van der Waals surface area contributed by atoms with Crippen molar-refractivity contribution in [1.82, 2.24) is 25.3 Å². The van der Waals surface area contributed by atoms with Gasteiger partial charge in [0.25, 0.3) is 0 Å². The van der Waals surface area contributed by atoms with Crippen molar-refractivity contribution in [2.75, 3.05) is 28.3 Å². The maximum Gasteiger partial charge on any atom is 0.247 e. The standard InChI is InChI=1S/C27H25FN8O2S2/c1-2-24(37)33-19-4-3-5-20(14-19)34-25-23(28)17-31-26(36-25)35-18-6-8-22(9-7-18)38-12-13-40-27(39)32-16-21-15-29-10-11-30-21/h2-11,14-15,17H,1,12-13,16H2,(H,32,39)(H,33,37)(H2,31,34,35,36). The predicted molar refractivity (Wildman–Crippen MR) is 160 cm³/mol. The van der Waals surface area contributed by atoms with Crippen molar-refractivity contribution in [3.63, 3.8) is 0 Å². The minimum absolute atomic E-state index is 0.0220. The summed E-state index contributed by atoms with van der Waals surface area (Å²) in [6.07, 6.45) is 7.19. The molecule has 2 aromatic heterocycles. The second-order valence-electron chi connectivity index (χ2n) is 7.97. The zero-order valence-electron chi connectivity index (χ0n) is 21.1. The van der Waals surface area contributed by atoms with Gasteiger partial charge in [-0.2, -0.15) is 4.98 Å². The molecule has 2 heterocycles. The molecule has 0 aliphatic rings. The van der Waals surface area contributed by atoms with Crippen LogP contribution in [0, 0.1) is 5.82 Å². The van der Waals surface area contributed by atoms with Gasteiger partial charge in [0.05, 0.1) is 31.2 Å². The lowest BCUT2D eigenvalue weighted by Gasteiger charge is -2.11. The highest BCUT2D eigenvalue weighted by atomic mass is 32.2. The van der Waals surface area contributed by atoms with E-state index in [4.69, 9.17) is 17.0 Å². The normalized spacial score (nSPS) is 10.3. The molecule has 1 amide bonds. The molecule has 0 fully saturated rings. The summed E-state index contributed by atoms with van der Waals surface area (Å²) in [5, 5.41) is 11.7. The van der Waals surface area contributed by atoms with Gasteiger partial charge >= 0.3 is 0 Å². The van der Waals surface area contributed by atoms with Crippen molar-refractivity contribution in [3.8, 4) is 5.75 Å². The zero-order valence-corrected chi connectivity index (χ0v) is 22.8. The smallest absolute Gasteiger partial charge is 0.247 e. The molecule has 0 spiro atoms. The number of hydrogen-bond acceptors (Lipinski definition) is 10. The highest BCUT2D eigenvalue weighted by molar-refractivity contribution is 8.22. The van der Waals surface area contributed by atoms with E-state index in [1.54, 1.807) is 55.0 Å². The molecule has 40 heavy (non-hydrogen) atoms. The average Bonchev–Trinajstić information content (AvgIpc) is 2.97. The lowest BCUT2D eigenvalue weighted by molar-refractivity contribution is -0.111. The lowest BCUT2D eigenvalue weighted by Crippen LogP contribution is -2.19. The van der Waals surface area contributed by atoms with Crippen LogP contribution in [-0.2, 0) is 11.3 Å².